The number of nitrogens with zero attached hydrogens (tertiary/aromatic N) is 2. The quantitative estimate of drug-likeness (QED) is 0.853. The lowest BCUT2D eigenvalue weighted by Crippen LogP contribution is -2.35. The first kappa shape index (κ1) is 15.7. The molecule has 0 saturated heterocycles. The fraction of sp³-hybridized carbons (Fsp3) is 0.444. The lowest BCUT2D eigenvalue weighted by molar-refractivity contribution is -0.132. The molecule has 0 aliphatic heterocycles. The Labute approximate surface area is 135 Å². The summed E-state index contributed by atoms with van der Waals surface area (Å²) in [6, 6.07) is 8.39. The monoisotopic (exact) mass is 314 g/mol. The van der Waals surface area contributed by atoms with Crippen LogP contribution in [0.3, 0.4) is 0 Å². The number of aryl methyl sites for hydroxylation is 2. The number of carbonyl (C=O) groups is 1. The smallest absolute Gasteiger partial charge is 0.223 e. The minimum Gasteiger partial charge on any atom is -0.441 e. The number of benzene rings is 1. The molecule has 1 saturated carbocycles. The van der Waals surface area contributed by atoms with E-state index >= 15 is 0 Å². The molecule has 3 rings (SSSR count). The first-order valence-corrected chi connectivity index (χ1v) is 8.09. The lowest BCUT2D eigenvalue weighted by Gasteiger charge is -2.20. The van der Waals surface area contributed by atoms with Crippen LogP contribution >= 0.6 is 0 Å². The number of aliphatic hydroxyl groups excluding tert-OH is 1. The lowest BCUT2D eigenvalue weighted by atomic mass is 10.1. The predicted octanol–water partition coefficient (Wildman–Crippen LogP) is 2.57. The van der Waals surface area contributed by atoms with E-state index in [4.69, 9.17) is 9.52 Å². The summed E-state index contributed by atoms with van der Waals surface area (Å²) in [5, 5.41) is 9.07. The standard InChI is InChI=1S/C18H22N2O3/c1-13-2-4-14(5-3-13)16-12-19-17(23-16)8-9-18(22)20(10-11-21)15-6-7-15/h2-5,12,15,21H,6-11H2,1H3. The Morgan fingerprint density at radius 2 is 2.09 bits per heavy atom. The molecule has 1 aliphatic rings. The molecule has 0 bridgehead atoms. The topological polar surface area (TPSA) is 66.6 Å². The zero-order valence-corrected chi connectivity index (χ0v) is 13.4. The van der Waals surface area contributed by atoms with Gasteiger partial charge in [-0.3, -0.25) is 4.79 Å². The summed E-state index contributed by atoms with van der Waals surface area (Å²) in [4.78, 5) is 18.3. The maximum absolute atomic E-state index is 12.2. The van der Waals surface area contributed by atoms with Crippen LogP contribution in [0, 0.1) is 6.92 Å². The van der Waals surface area contributed by atoms with Gasteiger partial charge >= 0.3 is 0 Å². The van der Waals surface area contributed by atoms with Crippen molar-refractivity contribution in [3.63, 3.8) is 0 Å². The molecule has 122 valence electrons. The number of aromatic nitrogens is 1. The molecule has 1 heterocycles. The van der Waals surface area contributed by atoms with Gasteiger partial charge in [0.25, 0.3) is 0 Å². The van der Waals surface area contributed by atoms with Crippen LogP contribution in [0.4, 0.5) is 0 Å². The van der Waals surface area contributed by atoms with Crippen molar-refractivity contribution in [1.82, 2.24) is 9.88 Å². The predicted molar refractivity (Wildman–Crippen MR) is 86.8 cm³/mol. The maximum atomic E-state index is 12.2. The molecule has 1 aromatic carbocycles. The van der Waals surface area contributed by atoms with Crippen molar-refractivity contribution in [2.45, 2.75) is 38.6 Å². The summed E-state index contributed by atoms with van der Waals surface area (Å²) in [5.74, 6) is 1.37. The molecule has 5 heteroatoms. The molecule has 1 fully saturated rings. The van der Waals surface area contributed by atoms with E-state index in [0.717, 1.165) is 24.2 Å². The average molecular weight is 314 g/mol. The SMILES string of the molecule is Cc1ccc(-c2cnc(CCC(=O)N(CCO)C3CC3)o2)cc1. The van der Waals surface area contributed by atoms with Crippen LogP contribution in [0.1, 0.15) is 30.7 Å². The highest BCUT2D eigenvalue weighted by atomic mass is 16.4. The second kappa shape index (κ2) is 6.96. The van der Waals surface area contributed by atoms with Crippen LogP contribution < -0.4 is 0 Å². The summed E-state index contributed by atoms with van der Waals surface area (Å²) >= 11 is 0. The molecule has 0 spiro atoms. The molecule has 5 nitrogen and oxygen atoms in total. The van der Waals surface area contributed by atoms with Gasteiger partial charge in [0, 0.05) is 31.0 Å². The van der Waals surface area contributed by atoms with Gasteiger partial charge in [0.05, 0.1) is 12.8 Å². The third-order valence-corrected chi connectivity index (χ3v) is 4.09. The van der Waals surface area contributed by atoms with E-state index in [1.165, 1.54) is 5.56 Å². The van der Waals surface area contributed by atoms with E-state index in [0.29, 0.717) is 31.3 Å². The highest BCUT2D eigenvalue weighted by Gasteiger charge is 2.31. The van der Waals surface area contributed by atoms with E-state index in [9.17, 15) is 4.79 Å². The van der Waals surface area contributed by atoms with E-state index in [1.54, 1.807) is 11.1 Å². The fourth-order valence-corrected chi connectivity index (χ4v) is 2.64. The Bertz CT molecular complexity index is 659. The van der Waals surface area contributed by atoms with Crippen molar-refractivity contribution in [2.75, 3.05) is 13.2 Å². The van der Waals surface area contributed by atoms with Gasteiger partial charge in [-0.15, -0.1) is 0 Å². The van der Waals surface area contributed by atoms with Crippen molar-refractivity contribution in [2.24, 2.45) is 0 Å². The molecule has 0 unspecified atom stereocenters. The number of hydrogen-bond donors (Lipinski definition) is 1. The molecule has 0 radical (unpaired) electrons. The number of carbonyl (C=O) groups excluding carboxylic acids is 1. The Hall–Kier alpha value is -2.14. The summed E-state index contributed by atoms with van der Waals surface area (Å²) in [7, 11) is 0. The van der Waals surface area contributed by atoms with Gasteiger partial charge in [0.15, 0.2) is 11.7 Å². The molecule has 1 N–H and O–H groups in total. The van der Waals surface area contributed by atoms with E-state index in [2.05, 4.69) is 4.98 Å². The number of aliphatic hydroxyl groups is 1. The third-order valence-electron chi connectivity index (χ3n) is 4.09. The van der Waals surface area contributed by atoms with E-state index < -0.39 is 0 Å². The van der Waals surface area contributed by atoms with Gasteiger partial charge in [-0.25, -0.2) is 4.98 Å². The number of oxazole rings is 1. The number of rotatable bonds is 7. The third kappa shape index (κ3) is 3.99. The fourth-order valence-electron chi connectivity index (χ4n) is 2.64. The summed E-state index contributed by atoms with van der Waals surface area (Å²) in [5.41, 5.74) is 2.18. The van der Waals surface area contributed by atoms with Gasteiger partial charge in [-0.1, -0.05) is 29.8 Å². The van der Waals surface area contributed by atoms with Crippen LogP contribution in [0.5, 0.6) is 0 Å². The highest BCUT2D eigenvalue weighted by Crippen LogP contribution is 2.27. The highest BCUT2D eigenvalue weighted by molar-refractivity contribution is 5.77. The maximum Gasteiger partial charge on any atom is 0.223 e. The van der Waals surface area contributed by atoms with E-state index in [1.807, 2.05) is 31.2 Å². The normalized spacial score (nSPS) is 14.0. The Morgan fingerprint density at radius 1 is 1.35 bits per heavy atom. The van der Waals surface area contributed by atoms with Gasteiger partial charge in [0.2, 0.25) is 5.91 Å². The second-order valence-corrected chi connectivity index (χ2v) is 6.03. The van der Waals surface area contributed by atoms with Crippen LogP contribution in [0.2, 0.25) is 0 Å². The first-order valence-electron chi connectivity index (χ1n) is 8.09. The van der Waals surface area contributed by atoms with Crippen LogP contribution in [-0.4, -0.2) is 40.1 Å². The zero-order valence-electron chi connectivity index (χ0n) is 13.4. The van der Waals surface area contributed by atoms with Gasteiger partial charge in [-0.2, -0.15) is 0 Å². The zero-order chi connectivity index (χ0) is 16.2. The van der Waals surface area contributed by atoms with Crippen LogP contribution in [0.25, 0.3) is 11.3 Å². The minimum absolute atomic E-state index is 0.0127. The van der Waals surface area contributed by atoms with Gasteiger partial charge < -0.3 is 14.4 Å². The summed E-state index contributed by atoms with van der Waals surface area (Å²) < 4.78 is 5.74. The van der Waals surface area contributed by atoms with Crippen molar-refractivity contribution in [3.05, 3.63) is 41.9 Å². The summed E-state index contributed by atoms with van der Waals surface area (Å²) in [6.07, 6.45) is 4.64. The van der Waals surface area contributed by atoms with Crippen LogP contribution in [0.15, 0.2) is 34.9 Å². The molecular formula is C18H22N2O3. The number of hydrogen-bond acceptors (Lipinski definition) is 4. The Morgan fingerprint density at radius 3 is 2.74 bits per heavy atom. The Kier molecular flexibility index (Phi) is 4.76. The molecule has 2 aromatic rings. The largest absolute Gasteiger partial charge is 0.441 e. The second-order valence-electron chi connectivity index (χ2n) is 6.03. The molecular weight excluding hydrogens is 292 g/mol. The van der Waals surface area contributed by atoms with Crippen molar-refractivity contribution in [1.29, 1.82) is 0 Å². The minimum atomic E-state index is 0.0127. The first-order chi connectivity index (χ1) is 11.2. The molecule has 1 amide bonds. The van der Waals surface area contributed by atoms with Crippen molar-refractivity contribution < 1.29 is 14.3 Å². The molecule has 23 heavy (non-hydrogen) atoms. The summed E-state index contributed by atoms with van der Waals surface area (Å²) in [6.45, 7) is 2.47. The molecule has 1 aromatic heterocycles. The van der Waals surface area contributed by atoms with E-state index in [-0.39, 0.29) is 12.5 Å². The number of amides is 1. The average Bonchev–Trinajstić information content (AvgIpc) is 3.28. The molecule has 0 atom stereocenters. The van der Waals surface area contributed by atoms with Gasteiger partial charge in [-0.05, 0) is 19.8 Å². The Balaban J connectivity index is 1.58. The van der Waals surface area contributed by atoms with Crippen LogP contribution in [-0.2, 0) is 11.2 Å². The van der Waals surface area contributed by atoms with Crippen molar-refractivity contribution in [3.8, 4) is 11.3 Å². The van der Waals surface area contributed by atoms with Crippen molar-refractivity contribution >= 4 is 5.91 Å². The van der Waals surface area contributed by atoms with Gasteiger partial charge in [0.1, 0.15) is 0 Å². The molecule has 1 aliphatic carbocycles.